The third kappa shape index (κ3) is 90.6. The van der Waals surface area contributed by atoms with E-state index in [1.54, 1.807) is 34.6 Å². The van der Waals surface area contributed by atoms with Gasteiger partial charge in [0.05, 0.1) is 84.8 Å². The van der Waals surface area contributed by atoms with Crippen LogP contribution in [0.2, 0.25) is 0 Å². The SMILES string of the molecule is CCC(C)(C)C(=O)O.CCC(C)(C)C(=O)OCCO.CCC(C)(C)C(=O)OCCO.CCC(C)(C)C(=O)OCCO.CCC(C)C(=O)NC(C)(C)CS(=O)O.CCC(C)C(=O)NCCO.CCC(C)C(=O)NCCO.CCC(C)C(=O)O.CCC(C)C(=O)OCCC#N.CCC(C)C(N)=O.CCC(C)C(N)=O.CCC(C)C(N)=O. The Labute approximate surface area is 688 Å². The fourth-order valence-corrected chi connectivity index (χ4v) is 5.62. The molecule has 0 aromatic carbocycles. The normalized spacial score (nSPS) is 12.7. The van der Waals surface area contributed by atoms with Crippen molar-refractivity contribution in [2.75, 3.05) is 78.3 Å². The summed E-state index contributed by atoms with van der Waals surface area (Å²) in [5.74, 6) is -2.98. The van der Waals surface area contributed by atoms with Gasteiger partial charge >= 0.3 is 35.8 Å². The number of amides is 6. The first-order valence-corrected chi connectivity index (χ1v) is 41.0. The van der Waals surface area contributed by atoms with Gasteiger partial charge in [0, 0.05) is 54.1 Å². The monoisotopic (exact) mass is 1670 g/mol. The average molecular weight is 1670 g/mol. The van der Waals surface area contributed by atoms with Gasteiger partial charge in [0.25, 0.3) is 0 Å². The molecule has 114 heavy (non-hydrogen) atoms. The van der Waals surface area contributed by atoms with Crippen molar-refractivity contribution in [3.8, 4) is 6.07 Å². The highest BCUT2D eigenvalue weighted by Gasteiger charge is 2.29. The van der Waals surface area contributed by atoms with Gasteiger partial charge in [-0.3, -0.25) is 57.5 Å². The molecule has 6 amide bonds. The van der Waals surface area contributed by atoms with Crippen molar-refractivity contribution < 1.29 is 121 Å². The Bertz CT molecular complexity index is 2390. The highest BCUT2D eigenvalue weighted by atomic mass is 32.2. The van der Waals surface area contributed by atoms with Crippen LogP contribution in [0.5, 0.6) is 0 Å². The molecular weight excluding hydrogens is 1500 g/mol. The van der Waals surface area contributed by atoms with Crippen molar-refractivity contribution in [2.45, 2.75) is 297 Å². The zero-order chi connectivity index (χ0) is 93.0. The van der Waals surface area contributed by atoms with Crippen molar-refractivity contribution in [3.05, 3.63) is 0 Å². The fourth-order valence-electron chi connectivity index (χ4n) is 4.93. The highest BCUT2D eigenvalue weighted by Crippen LogP contribution is 2.23. The maximum atomic E-state index is 11.5. The molecule has 0 heterocycles. The van der Waals surface area contributed by atoms with Gasteiger partial charge in [0.15, 0.2) is 11.1 Å². The van der Waals surface area contributed by atoms with Gasteiger partial charge in [-0.2, -0.15) is 5.26 Å². The van der Waals surface area contributed by atoms with E-state index in [1.807, 2.05) is 179 Å². The van der Waals surface area contributed by atoms with Gasteiger partial charge in [-0.25, -0.2) is 4.21 Å². The van der Waals surface area contributed by atoms with Gasteiger partial charge in [-0.1, -0.05) is 138 Å². The fraction of sp³-hybridized carbons (Fsp3) is 0.840. The van der Waals surface area contributed by atoms with Crippen LogP contribution in [-0.2, 0) is 87.6 Å². The molecular formula is C81H165N7O25S. The van der Waals surface area contributed by atoms with E-state index in [2.05, 4.69) is 16.0 Å². The second-order valence-corrected chi connectivity index (χ2v) is 30.7. The number of aliphatic carboxylic acids is 2. The molecule has 0 aliphatic rings. The lowest BCUT2D eigenvalue weighted by molar-refractivity contribution is -0.155. The number of primary amides is 3. The molecule has 9 atom stereocenters. The number of nitrogens with zero attached hydrogens (tertiary/aromatic N) is 1. The van der Waals surface area contributed by atoms with Crippen LogP contribution >= 0.6 is 0 Å². The van der Waals surface area contributed by atoms with Gasteiger partial charge in [-0.05, 0) is 146 Å². The van der Waals surface area contributed by atoms with Gasteiger partial charge < -0.3 is 92.4 Å². The summed E-state index contributed by atoms with van der Waals surface area (Å²) in [4.78, 5) is 128. The molecule has 33 heteroatoms. The second-order valence-electron chi connectivity index (χ2n) is 29.8. The van der Waals surface area contributed by atoms with Crippen LogP contribution in [0, 0.1) is 80.3 Å². The van der Waals surface area contributed by atoms with Gasteiger partial charge in [0.2, 0.25) is 35.4 Å². The van der Waals surface area contributed by atoms with Crippen LogP contribution in [0.4, 0.5) is 0 Å². The number of carbonyl (C=O) groups excluding carboxylic acids is 10. The number of aliphatic hydroxyl groups excluding tert-OH is 5. The lowest BCUT2D eigenvalue weighted by Crippen LogP contribution is -2.49. The average Bonchev–Trinajstić information content (AvgIpc) is 0.917. The summed E-state index contributed by atoms with van der Waals surface area (Å²) in [6.45, 7) is 56.5. The molecule has 32 nitrogen and oxygen atoms in total. The first kappa shape index (κ1) is 133. The Morgan fingerprint density at radius 3 is 0.798 bits per heavy atom. The lowest BCUT2D eigenvalue weighted by atomic mass is 9.91. The Hall–Kier alpha value is -6.96. The number of carboxylic acid groups (broad SMARTS) is 2. The molecule has 0 saturated carbocycles. The van der Waals surface area contributed by atoms with E-state index in [4.69, 9.17) is 81.7 Å². The van der Waals surface area contributed by atoms with Crippen molar-refractivity contribution in [2.24, 2.45) is 86.2 Å². The van der Waals surface area contributed by atoms with Crippen molar-refractivity contribution in [1.29, 1.82) is 5.26 Å². The lowest BCUT2D eigenvalue weighted by Gasteiger charge is -2.26. The molecule has 0 aliphatic carbocycles. The second kappa shape index (κ2) is 82.6. The van der Waals surface area contributed by atoms with E-state index in [-0.39, 0.29) is 178 Å². The van der Waals surface area contributed by atoms with Crippen LogP contribution in [0.15, 0.2) is 0 Å². The van der Waals surface area contributed by atoms with Gasteiger partial charge in [0.1, 0.15) is 26.4 Å². The van der Waals surface area contributed by atoms with E-state index < -0.39 is 50.2 Å². The van der Waals surface area contributed by atoms with E-state index in [0.29, 0.717) is 19.5 Å². The summed E-state index contributed by atoms with van der Waals surface area (Å²) < 4.78 is 38.4. The van der Waals surface area contributed by atoms with E-state index in [9.17, 15) is 61.7 Å². The zero-order valence-electron chi connectivity index (χ0n) is 75.9. The zero-order valence-corrected chi connectivity index (χ0v) is 76.7. The maximum Gasteiger partial charge on any atom is 0.311 e. The quantitative estimate of drug-likeness (QED) is 0.0118. The maximum absolute atomic E-state index is 11.5. The molecule has 0 fully saturated rings. The molecule has 17 N–H and O–H groups in total. The third-order valence-corrected chi connectivity index (χ3v) is 18.5. The van der Waals surface area contributed by atoms with Crippen LogP contribution in [0.25, 0.3) is 0 Å². The predicted octanol–water partition coefficient (Wildman–Crippen LogP) is 9.97. The number of nitriles is 1. The smallest absolute Gasteiger partial charge is 0.311 e. The molecule has 0 aromatic heterocycles. The Balaban J connectivity index is -0.000000100. The molecule has 0 saturated heterocycles. The van der Waals surface area contributed by atoms with Crippen LogP contribution in [-0.4, -0.2) is 200 Å². The molecule has 680 valence electrons. The number of carboxylic acids is 2. The topological polar surface area (TPSA) is 559 Å². The van der Waals surface area contributed by atoms with Crippen molar-refractivity contribution in [1.82, 2.24) is 16.0 Å². The minimum atomic E-state index is -1.88. The van der Waals surface area contributed by atoms with Crippen LogP contribution < -0.4 is 33.2 Å². The Morgan fingerprint density at radius 2 is 0.640 bits per heavy atom. The van der Waals surface area contributed by atoms with Gasteiger partial charge in [-0.15, -0.1) is 0 Å². The number of rotatable bonds is 39. The number of aliphatic hydroxyl groups is 5. The van der Waals surface area contributed by atoms with Crippen molar-refractivity contribution in [3.63, 3.8) is 0 Å². The minimum absolute atomic E-state index is 0.0160. The summed E-state index contributed by atoms with van der Waals surface area (Å²) in [5, 5.41) is 74.5. The van der Waals surface area contributed by atoms with Crippen LogP contribution in [0.3, 0.4) is 0 Å². The van der Waals surface area contributed by atoms with E-state index in [0.717, 1.165) is 70.6 Å². The largest absolute Gasteiger partial charge is 0.481 e. The number of ether oxygens (including phenoxy) is 4. The number of nitrogens with two attached hydrogens (primary N) is 3. The first-order valence-electron chi connectivity index (χ1n) is 39.7. The standard InChI is InChI=1S/C9H19NO3S.C8H13NO2.3C8H16O3.2C7H15NO2.C6H12O2.3C5H11NO.C5H10O2/c1-5-7(2)8(11)10-9(3,4)6-14(12)13;1-3-7(2)8(10)11-6-4-5-9;3*1-4-8(2,3)7(10)11-6-5-9;2*1-3-6(2)7(10)8-4-5-9;1-4-6(2,3)5(7)8;4*1-3-4(2)5(6)7/h7H,5-6H2,1-4H3,(H,10,11)(H,12,13);7H,3-4,6H2,1-2H3;3*9H,4-6H2,1-3H3;2*6,9H,3-5H2,1-2H3,(H,8,10);4H2,1-3H3,(H,7,8);3*4H,3H2,1-2H3,(H2,6,7);4H,3H2,1-2H3,(H,6,7). The number of esters is 4. The molecule has 0 aliphatic heterocycles. The third-order valence-electron chi connectivity index (χ3n) is 17.5. The predicted molar refractivity (Wildman–Crippen MR) is 448 cm³/mol. The molecule has 0 spiro atoms. The first-order chi connectivity index (χ1) is 52.3. The molecule has 0 rings (SSSR count). The van der Waals surface area contributed by atoms with E-state index >= 15 is 0 Å². The minimum Gasteiger partial charge on any atom is -0.481 e. The molecule has 0 bridgehead atoms. The summed E-state index contributed by atoms with van der Waals surface area (Å²) in [6.07, 6.45) is 9.69. The number of nitrogens with one attached hydrogen (secondary N) is 3. The summed E-state index contributed by atoms with van der Waals surface area (Å²) in [7, 11) is 0. The number of hydrogen-bond donors (Lipinski definition) is 14. The molecule has 0 aromatic rings. The van der Waals surface area contributed by atoms with Crippen LogP contribution in [0.1, 0.15) is 291 Å². The Morgan fingerprint density at radius 1 is 0.386 bits per heavy atom. The summed E-state index contributed by atoms with van der Waals surface area (Å²) in [5.41, 5.74) is 12.3. The Kier molecular flexibility index (Phi) is 96.5. The number of carbonyl (C=O) groups is 12. The number of hydrogen-bond acceptors (Lipinski definition) is 23. The summed E-state index contributed by atoms with van der Waals surface area (Å²) in [6, 6.07) is 1.90. The highest BCUT2D eigenvalue weighted by molar-refractivity contribution is 7.79. The molecule has 0 radical (unpaired) electrons. The summed E-state index contributed by atoms with van der Waals surface area (Å²) >= 11 is -1.88. The van der Waals surface area contributed by atoms with Crippen molar-refractivity contribution >= 4 is 82.3 Å². The van der Waals surface area contributed by atoms with E-state index in [1.165, 1.54) is 0 Å². The molecule has 9 unspecified atom stereocenters.